The highest BCUT2D eigenvalue weighted by atomic mass is 79.9. The van der Waals surface area contributed by atoms with E-state index < -0.39 is 10.0 Å². The summed E-state index contributed by atoms with van der Waals surface area (Å²) >= 11 is 13.8. The van der Waals surface area contributed by atoms with Crippen LogP contribution in [0.25, 0.3) is 0 Å². The lowest BCUT2D eigenvalue weighted by Crippen LogP contribution is -2.23. The largest absolute Gasteiger partial charge is 0.244 e. The second-order valence-electron chi connectivity index (χ2n) is 3.47. The summed E-state index contributed by atoms with van der Waals surface area (Å²) in [6, 6.07) is 5.13. The van der Waals surface area contributed by atoms with E-state index in [1.807, 2.05) is 12.1 Å². The van der Waals surface area contributed by atoms with Crippen molar-refractivity contribution < 1.29 is 8.42 Å². The summed E-state index contributed by atoms with van der Waals surface area (Å²) in [6.45, 7) is 0.210. The molecule has 0 aliphatic rings. The van der Waals surface area contributed by atoms with Gasteiger partial charge in [0.1, 0.15) is 10.0 Å². The van der Waals surface area contributed by atoms with Gasteiger partial charge in [-0.15, -0.1) is 11.3 Å². The zero-order valence-electron chi connectivity index (χ0n) is 9.23. The van der Waals surface area contributed by atoms with E-state index in [2.05, 4.69) is 41.6 Å². The molecular weight excluding hydrogens is 440 g/mol. The zero-order chi connectivity index (χ0) is 14.0. The smallest absolute Gasteiger partial charge is 0.242 e. The molecule has 2 aromatic rings. The van der Waals surface area contributed by atoms with Crippen molar-refractivity contribution in [2.24, 2.45) is 0 Å². The molecule has 0 radical (unpaired) electrons. The molecule has 4 nitrogen and oxygen atoms in total. The van der Waals surface area contributed by atoms with E-state index in [1.54, 1.807) is 0 Å². The molecule has 0 spiro atoms. The van der Waals surface area contributed by atoms with E-state index in [-0.39, 0.29) is 16.6 Å². The Morgan fingerprint density at radius 2 is 2.11 bits per heavy atom. The number of rotatable bonds is 4. The minimum absolute atomic E-state index is 0.0424. The summed E-state index contributed by atoms with van der Waals surface area (Å²) in [5.74, 6) is 0. The number of nitrogens with one attached hydrogen (secondary N) is 1. The van der Waals surface area contributed by atoms with Crippen LogP contribution in [-0.2, 0) is 16.6 Å². The molecule has 0 aromatic carbocycles. The van der Waals surface area contributed by atoms with Crippen molar-refractivity contribution in [1.29, 1.82) is 0 Å². The summed E-state index contributed by atoms with van der Waals surface area (Å²) in [4.78, 5) is 4.65. The Kier molecular flexibility index (Phi) is 5.02. The van der Waals surface area contributed by atoms with Crippen molar-refractivity contribution >= 4 is 64.8 Å². The Hall–Kier alpha value is 0.01000. The van der Waals surface area contributed by atoms with Gasteiger partial charge >= 0.3 is 0 Å². The van der Waals surface area contributed by atoms with Gasteiger partial charge < -0.3 is 0 Å². The summed E-state index contributed by atoms with van der Waals surface area (Å²) in [5, 5.41) is -0.0527. The van der Waals surface area contributed by atoms with Crippen LogP contribution in [0, 0.1) is 0 Å². The zero-order valence-corrected chi connectivity index (χ0v) is 14.8. The SMILES string of the molecule is O=S(=O)(NCc1ccc(Br)s1)c1cc(Br)cnc1Cl. The van der Waals surface area contributed by atoms with Gasteiger partial charge in [-0.05, 0) is 50.1 Å². The van der Waals surface area contributed by atoms with E-state index in [9.17, 15) is 8.42 Å². The van der Waals surface area contributed by atoms with Crippen LogP contribution in [0.4, 0.5) is 0 Å². The van der Waals surface area contributed by atoms with E-state index >= 15 is 0 Å². The number of sulfonamides is 1. The van der Waals surface area contributed by atoms with Crippen LogP contribution in [-0.4, -0.2) is 13.4 Å². The van der Waals surface area contributed by atoms with Gasteiger partial charge in [-0.25, -0.2) is 18.1 Å². The van der Waals surface area contributed by atoms with E-state index in [0.717, 1.165) is 8.66 Å². The number of hydrogen-bond acceptors (Lipinski definition) is 4. The van der Waals surface area contributed by atoms with Crippen molar-refractivity contribution in [1.82, 2.24) is 9.71 Å². The fraction of sp³-hybridized carbons (Fsp3) is 0.100. The van der Waals surface area contributed by atoms with Gasteiger partial charge in [-0.3, -0.25) is 0 Å². The molecule has 0 aliphatic carbocycles. The Morgan fingerprint density at radius 3 is 2.74 bits per heavy atom. The van der Waals surface area contributed by atoms with Crippen LogP contribution >= 0.6 is 54.8 Å². The Labute approximate surface area is 136 Å². The molecule has 1 N–H and O–H groups in total. The molecule has 0 amide bonds. The standard InChI is InChI=1S/C10H7Br2ClN2O2S2/c11-6-3-8(10(13)14-4-6)19(16,17)15-5-7-1-2-9(12)18-7/h1-4,15H,5H2. The lowest BCUT2D eigenvalue weighted by atomic mass is 10.5. The van der Waals surface area contributed by atoms with Crippen molar-refractivity contribution in [2.45, 2.75) is 11.4 Å². The monoisotopic (exact) mass is 444 g/mol. The molecule has 102 valence electrons. The number of thiophene rings is 1. The molecule has 9 heteroatoms. The van der Waals surface area contributed by atoms with Crippen LogP contribution in [0.5, 0.6) is 0 Å². The highest BCUT2D eigenvalue weighted by Crippen LogP contribution is 2.24. The van der Waals surface area contributed by atoms with E-state index in [0.29, 0.717) is 4.47 Å². The van der Waals surface area contributed by atoms with Gasteiger partial charge in [0.15, 0.2) is 0 Å². The lowest BCUT2D eigenvalue weighted by Gasteiger charge is -2.07. The average Bonchev–Trinajstić information content (AvgIpc) is 2.76. The normalized spacial score (nSPS) is 11.7. The predicted octanol–water partition coefficient (Wildman–Crippen LogP) is 3.80. The molecule has 0 fully saturated rings. The third kappa shape index (κ3) is 3.99. The maximum Gasteiger partial charge on any atom is 0.244 e. The van der Waals surface area contributed by atoms with Crippen LogP contribution in [0.1, 0.15) is 4.88 Å². The second-order valence-corrected chi connectivity index (χ2v) is 9.03. The maximum absolute atomic E-state index is 12.1. The molecule has 0 saturated carbocycles. The van der Waals surface area contributed by atoms with Gasteiger partial charge in [0, 0.05) is 22.1 Å². The van der Waals surface area contributed by atoms with Crippen LogP contribution in [0.2, 0.25) is 5.15 Å². The van der Waals surface area contributed by atoms with Crippen molar-refractivity contribution in [3.63, 3.8) is 0 Å². The molecule has 2 aromatic heterocycles. The molecule has 0 atom stereocenters. The molecule has 0 unspecified atom stereocenters. The van der Waals surface area contributed by atoms with Crippen LogP contribution < -0.4 is 4.72 Å². The van der Waals surface area contributed by atoms with Crippen molar-refractivity contribution in [3.8, 4) is 0 Å². The molecule has 0 saturated heterocycles. The topological polar surface area (TPSA) is 59.1 Å². The molecule has 0 aliphatic heterocycles. The fourth-order valence-corrected chi connectivity index (χ4v) is 4.75. The number of pyridine rings is 1. The Bertz CT molecular complexity index is 703. The van der Waals surface area contributed by atoms with Gasteiger partial charge in [0.05, 0.1) is 3.79 Å². The first-order chi connectivity index (χ1) is 8.88. The highest BCUT2D eigenvalue weighted by Gasteiger charge is 2.19. The second kappa shape index (κ2) is 6.19. The molecule has 2 heterocycles. The Balaban J connectivity index is 2.20. The third-order valence-electron chi connectivity index (χ3n) is 2.13. The quantitative estimate of drug-likeness (QED) is 0.727. The van der Waals surface area contributed by atoms with E-state index in [1.165, 1.54) is 23.6 Å². The summed E-state index contributed by atoms with van der Waals surface area (Å²) in [5.41, 5.74) is 0. The van der Waals surface area contributed by atoms with Gasteiger partial charge in [-0.1, -0.05) is 11.6 Å². The van der Waals surface area contributed by atoms with Crippen molar-refractivity contribution in [3.05, 3.63) is 42.7 Å². The molecule has 2 rings (SSSR count). The minimum atomic E-state index is -3.69. The van der Waals surface area contributed by atoms with Gasteiger partial charge in [-0.2, -0.15) is 0 Å². The lowest BCUT2D eigenvalue weighted by molar-refractivity contribution is 0.581. The molecule has 0 bridgehead atoms. The highest BCUT2D eigenvalue weighted by molar-refractivity contribution is 9.11. The maximum atomic E-state index is 12.1. The number of halogens is 3. The first kappa shape index (κ1) is 15.4. The first-order valence-electron chi connectivity index (χ1n) is 4.93. The van der Waals surface area contributed by atoms with Gasteiger partial charge in [0.2, 0.25) is 10.0 Å². The Morgan fingerprint density at radius 1 is 1.37 bits per heavy atom. The van der Waals surface area contributed by atoms with Gasteiger partial charge in [0.25, 0.3) is 0 Å². The fourth-order valence-electron chi connectivity index (χ4n) is 1.28. The summed E-state index contributed by atoms with van der Waals surface area (Å²) < 4.78 is 28.2. The average molecular weight is 447 g/mol. The number of aromatic nitrogens is 1. The summed E-state index contributed by atoms with van der Waals surface area (Å²) in [7, 11) is -3.69. The van der Waals surface area contributed by atoms with Crippen molar-refractivity contribution in [2.75, 3.05) is 0 Å². The summed E-state index contributed by atoms with van der Waals surface area (Å²) in [6.07, 6.45) is 1.44. The number of nitrogens with zero attached hydrogens (tertiary/aromatic N) is 1. The first-order valence-corrected chi connectivity index (χ1v) is 9.20. The van der Waals surface area contributed by atoms with Crippen LogP contribution in [0.15, 0.2) is 37.6 Å². The van der Waals surface area contributed by atoms with Crippen LogP contribution in [0.3, 0.4) is 0 Å². The molecular formula is C10H7Br2ClN2O2S2. The minimum Gasteiger partial charge on any atom is -0.242 e. The third-order valence-corrected chi connectivity index (χ3v) is 6.01. The number of hydrogen-bond donors (Lipinski definition) is 1. The molecule has 19 heavy (non-hydrogen) atoms. The predicted molar refractivity (Wildman–Crippen MR) is 83.0 cm³/mol. The van der Waals surface area contributed by atoms with E-state index in [4.69, 9.17) is 11.6 Å².